The van der Waals surface area contributed by atoms with Gasteiger partial charge in [-0.2, -0.15) is 5.10 Å². The first-order chi connectivity index (χ1) is 11.5. The minimum absolute atomic E-state index is 0.459. The Kier molecular flexibility index (Phi) is 6.02. The summed E-state index contributed by atoms with van der Waals surface area (Å²) in [5, 5.41) is 6.57. The van der Waals surface area contributed by atoms with E-state index in [-0.39, 0.29) is 0 Å². The van der Waals surface area contributed by atoms with Gasteiger partial charge in [-0.15, -0.1) is 0 Å². The van der Waals surface area contributed by atoms with E-state index in [9.17, 15) is 0 Å². The molecule has 0 bridgehead atoms. The molecule has 0 radical (unpaired) electrons. The lowest BCUT2D eigenvalue weighted by Crippen LogP contribution is -1.93. The molecule has 0 spiro atoms. The zero-order chi connectivity index (χ0) is 17.4. The van der Waals surface area contributed by atoms with E-state index in [0.29, 0.717) is 33.5 Å². The largest absolute Gasteiger partial charge is 0.495 e. The minimum atomic E-state index is 0.459. The highest BCUT2D eigenvalue weighted by Crippen LogP contribution is 2.46. The molecule has 0 aliphatic carbocycles. The van der Waals surface area contributed by atoms with Gasteiger partial charge in [-0.25, -0.2) is 4.45 Å². The number of halogens is 4. The van der Waals surface area contributed by atoms with Gasteiger partial charge in [0.15, 0.2) is 0 Å². The van der Waals surface area contributed by atoms with Gasteiger partial charge >= 0.3 is 0 Å². The van der Waals surface area contributed by atoms with Crippen molar-refractivity contribution >= 4 is 85.1 Å². The van der Waals surface area contributed by atoms with E-state index < -0.39 is 0 Å². The molecule has 1 aromatic heterocycles. The zero-order valence-corrected chi connectivity index (χ0v) is 19.4. The fraction of sp³-hybridized carbons (Fsp3) is 0.133. The molecule has 126 valence electrons. The summed E-state index contributed by atoms with van der Waals surface area (Å²) in [6, 6.07) is 7.75. The van der Waals surface area contributed by atoms with E-state index in [1.807, 2.05) is 22.7 Å². The van der Waals surface area contributed by atoms with Gasteiger partial charge in [0.05, 0.1) is 36.2 Å². The van der Waals surface area contributed by atoms with Crippen LogP contribution in [0.5, 0.6) is 11.5 Å². The molecule has 1 heterocycles. The lowest BCUT2D eigenvalue weighted by atomic mass is 10.0. The van der Waals surface area contributed by atoms with Crippen LogP contribution in [0.25, 0.3) is 22.0 Å². The monoisotopic (exact) mass is 606 g/mol. The van der Waals surface area contributed by atoms with Crippen LogP contribution in [0.15, 0.2) is 24.3 Å². The maximum absolute atomic E-state index is 6.52. The standard InChI is InChI=1S/C15H11Cl2I2N2O2P/c1-22-10-6-11(23-2)14(17)12(13(10)16)7-3-4-8-9(5-7)21(24-19)20-15(8)18/h3-6,24H,1-2H3. The molecule has 24 heavy (non-hydrogen) atoms. The third kappa shape index (κ3) is 3.20. The molecular weight excluding hydrogens is 596 g/mol. The average Bonchev–Trinajstić information content (AvgIpc) is 2.91. The molecule has 1 unspecified atom stereocenters. The Morgan fingerprint density at radius 2 is 1.71 bits per heavy atom. The average molecular weight is 607 g/mol. The first kappa shape index (κ1) is 18.8. The number of methoxy groups -OCH3 is 2. The van der Waals surface area contributed by atoms with Crippen LogP contribution in [0.3, 0.4) is 0 Å². The van der Waals surface area contributed by atoms with Crippen molar-refractivity contribution in [3.8, 4) is 22.6 Å². The Morgan fingerprint density at radius 1 is 1.08 bits per heavy atom. The summed E-state index contributed by atoms with van der Waals surface area (Å²) in [5.41, 5.74) is 2.62. The van der Waals surface area contributed by atoms with Gasteiger partial charge in [-0.3, -0.25) is 0 Å². The van der Waals surface area contributed by atoms with Crippen LogP contribution >= 0.6 is 74.2 Å². The second-order valence-electron chi connectivity index (χ2n) is 4.80. The molecule has 0 N–H and O–H groups in total. The summed E-state index contributed by atoms with van der Waals surface area (Å²) < 4.78 is 13.6. The van der Waals surface area contributed by atoms with Crippen molar-refractivity contribution in [1.82, 2.24) is 9.55 Å². The molecule has 3 aromatic rings. The smallest absolute Gasteiger partial charge is 0.141 e. The summed E-state index contributed by atoms with van der Waals surface area (Å²) in [6.07, 6.45) is 0.504. The van der Waals surface area contributed by atoms with Crippen molar-refractivity contribution in [3.05, 3.63) is 38.0 Å². The number of ether oxygens (including phenoxy) is 2. The molecule has 2 aromatic carbocycles. The van der Waals surface area contributed by atoms with Gasteiger partial charge in [-0.05, 0) is 62.3 Å². The van der Waals surface area contributed by atoms with Crippen LogP contribution in [0.1, 0.15) is 0 Å². The summed E-state index contributed by atoms with van der Waals surface area (Å²) in [5.74, 6) is 1.04. The number of benzene rings is 2. The van der Waals surface area contributed by atoms with Crippen molar-refractivity contribution in [3.63, 3.8) is 0 Å². The van der Waals surface area contributed by atoms with Crippen LogP contribution in [0.2, 0.25) is 10.0 Å². The minimum Gasteiger partial charge on any atom is -0.495 e. The van der Waals surface area contributed by atoms with E-state index in [4.69, 9.17) is 32.7 Å². The predicted octanol–water partition coefficient (Wildman–Crippen LogP) is 6.42. The van der Waals surface area contributed by atoms with Crippen molar-refractivity contribution in [2.75, 3.05) is 14.2 Å². The lowest BCUT2D eigenvalue weighted by molar-refractivity contribution is 0.395. The summed E-state index contributed by atoms with van der Waals surface area (Å²) in [6.45, 7) is 0. The molecule has 0 saturated heterocycles. The Morgan fingerprint density at radius 3 is 2.25 bits per heavy atom. The van der Waals surface area contributed by atoms with Gasteiger partial charge in [-0.1, -0.05) is 29.3 Å². The van der Waals surface area contributed by atoms with E-state index >= 15 is 0 Å². The highest BCUT2D eigenvalue weighted by atomic mass is 127. The third-order valence-electron chi connectivity index (χ3n) is 3.58. The van der Waals surface area contributed by atoms with Crippen molar-refractivity contribution < 1.29 is 9.47 Å². The molecule has 3 rings (SSSR count). The predicted molar refractivity (Wildman–Crippen MR) is 119 cm³/mol. The van der Waals surface area contributed by atoms with Crippen molar-refractivity contribution in [2.45, 2.75) is 0 Å². The topological polar surface area (TPSA) is 36.3 Å². The molecule has 9 heteroatoms. The fourth-order valence-electron chi connectivity index (χ4n) is 2.44. The summed E-state index contributed by atoms with van der Waals surface area (Å²) in [7, 11) is 3.13. The van der Waals surface area contributed by atoms with Gasteiger partial charge in [0.2, 0.25) is 0 Å². The molecule has 0 fully saturated rings. The van der Waals surface area contributed by atoms with Crippen LogP contribution in [0, 0.1) is 3.70 Å². The normalized spacial score (nSPS) is 11.6. The lowest BCUT2D eigenvalue weighted by Gasteiger charge is -2.15. The molecular formula is C15H11Cl2I2N2O2P. The summed E-state index contributed by atoms with van der Waals surface area (Å²) in [4.78, 5) is 0. The van der Waals surface area contributed by atoms with E-state index in [1.54, 1.807) is 20.3 Å². The van der Waals surface area contributed by atoms with Gasteiger partial charge < -0.3 is 9.47 Å². The number of hydrogen-bond acceptors (Lipinski definition) is 3. The van der Waals surface area contributed by atoms with Gasteiger partial charge in [0, 0.05) is 17.0 Å². The van der Waals surface area contributed by atoms with E-state index in [1.165, 1.54) is 0 Å². The SMILES string of the molecule is COc1cc(OC)c(Cl)c(-c2ccc3c(I)nn(PI)c3c2)c1Cl. The Balaban J connectivity index is 2.31. The molecule has 4 nitrogen and oxygen atoms in total. The molecule has 0 saturated carbocycles. The molecule has 0 aliphatic rings. The third-order valence-corrected chi connectivity index (χ3v) is 7.00. The maximum atomic E-state index is 6.52. The van der Waals surface area contributed by atoms with Gasteiger partial charge in [0.1, 0.15) is 15.2 Å². The fourth-order valence-corrected chi connectivity index (χ4v) is 5.55. The van der Waals surface area contributed by atoms with E-state index in [0.717, 1.165) is 20.2 Å². The Bertz CT molecular complexity index is 905. The highest BCUT2D eigenvalue weighted by molar-refractivity contribution is 14.2. The van der Waals surface area contributed by atoms with Crippen molar-refractivity contribution in [2.24, 2.45) is 0 Å². The number of aromatic nitrogens is 2. The van der Waals surface area contributed by atoms with Crippen LogP contribution < -0.4 is 9.47 Å². The molecule has 1 atom stereocenters. The quantitative estimate of drug-likeness (QED) is 0.254. The number of fused-ring (bicyclic) bond motifs is 1. The van der Waals surface area contributed by atoms with E-state index in [2.05, 4.69) is 49.7 Å². The Labute approximate surface area is 177 Å². The molecule has 0 aliphatic heterocycles. The number of rotatable bonds is 4. The number of nitrogens with zero attached hydrogens (tertiary/aromatic N) is 2. The Hall–Kier alpha value is -0.0200. The van der Waals surface area contributed by atoms with Crippen LogP contribution in [-0.4, -0.2) is 23.8 Å². The van der Waals surface area contributed by atoms with Crippen molar-refractivity contribution in [1.29, 1.82) is 0 Å². The highest BCUT2D eigenvalue weighted by Gasteiger charge is 2.20. The van der Waals surface area contributed by atoms with Gasteiger partial charge in [0.25, 0.3) is 0 Å². The van der Waals surface area contributed by atoms with Crippen LogP contribution in [0.4, 0.5) is 0 Å². The second-order valence-corrected chi connectivity index (χ2v) is 8.62. The summed E-state index contributed by atoms with van der Waals surface area (Å²) >= 11 is 17.6. The second kappa shape index (κ2) is 7.70. The maximum Gasteiger partial charge on any atom is 0.141 e. The zero-order valence-electron chi connectivity index (χ0n) is 12.5. The van der Waals surface area contributed by atoms with Crippen LogP contribution in [-0.2, 0) is 0 Å². The first-order valence-electron chi connectivity index (χ1n) is 6.67. The first-order valence-corrected chi connectivity index (χ1v) is 12.6. The molecule has 0 amide bonds. The number of hydrogen-bond donors (Lipinski definition) is 0.